The van der Waals surface area contributed by atoms with E-state index in [2.05, 4.69) is 26.0 Å². The molecule has 5 aromatic rings. The van der Waals surface area contributed by atoms with Crippen molar-refractivity contribution in [2.45, 2.75) is 0 Å². The molecule has 2 aromatic heterocycles. The van der Waals surface area contributed by atoms with Crippen molar-refractivity contribution < 1.29 is 9.59 Å². The molecular weight excluding hydrogens is 492 g/mol. The van der Waals surface area contributed by atoms with Gasteiger partial charge in [0.2, 0.25) is 0 Å². The van der Waals surface area contributed by atoms with Crippen LogP contribution in [0.25, 0.3) is 16.9 Å². The molecule has 39 heavy (non-hydrogen) atoms. The Labute approximate surface area is 223 Å². The van der Waals surface area contributed by atoms with Crippen molar-refractivity contribution in [1.82, 2.24) is 20.2 Å². The molecule has 2 heterocycles. The zero-order valence-corrected chi connectivity index (χ0v) is 20.7. The van der Waals surface area contributed by atoms with Crippen LogP contribution in [0.15, 0.2) is 108 Å². The minimum absolute atomic E-state index is 0.318. The number of carbonyl (C=O) groups excluding carboxylic acids is 2. The number of nitrogen functional groups attached to an aromatic ring is 2. The lowest BCUT2D eigenvalue weighted by Crippen LogP contribution is -2.17. The molecule has 0 aliphatic heterocycles. The number of benzene rings is 3. The fourth-order valence-electron chi connectivity index (χ4n) is 3.69. The summed E-state index contributed by atoms with van der Waals surface area (Å²) >= 11 is 0. The number of anilines is 2. The summed E-state index contributed by atoms with van der Waals surface area (Å²) in [6.07, 6.45) is 6.92. The summed E-state index contributed by atoms with van der Waals surface area (Å²) in [5.74, 6) is -0.643. The highest BCUT2D eigenvalue weighted by molar-refractivity contribution is 5.96. The molecule has 2 amide bonds. The number of nitrogens with one attached hydrogen (secondary N) is 2. The number of carbonyl (C=O) groups is 2. The number of pyridine rings is 1. The van der Waals surface area contributed by atoms with Crippen molar-refractivity contribution in [3.63, 3.8) is 0 Å². The number of rotatable bonds is 7. The highest BCUT2D eigenvalue weighted by Gasteiger charge is 2.07. The Balaban J connectivity index is 1.21. The number of hydrogen-bond acceptors (Lipinski definition) is 7. The van der Waals surface area contributed by atoms with E-state index in [4.69, 9.17) is 11.5 Å². The first-order chi connectivity index (χ1) is 18.9. The summed E-state index contributed by atoms with van der Waals surface area (Å²) in [6, 6.07) is 24.6. The molecular formula is C29H24N8O2. The number of imidazole rings is 1. The Kier molecular flexibility index (Phi) is 7.08. The summed E-state index contributed by atoms with van der Waals surface area (Å²) in [5.41, 5.74) is 22.5. The van der Waals surface area contributed by atoms with Crippen molar-refractivity contribution >= 4 is 41.3 Å². The van der Waals surface area contributed by atoms with E-state index in [1.165, 1.54) is 0 Å². The quantitative estimate of drug-likeness (QED) is 0.148. The highest BCUT2D eigenvalue weighted by Crippen LogP contribution is 2.20. The van der Waals surface area contributed by atoms with Gasteiger partial charge in [0, 0.05) is 46.0 Å². The molecule has 192 valence electrons. The van der Waals surface area contributed by atoms with Crippen LogP contribution in [0.1, 0.15) is 31.8 Å². The molecule has 0 atom stereocenters. The average Bonchev–Trinajstić information content (AvgIpc) is 3.37. The highest BCUT2D eigenvalue weighted by atomic mass is 16.2. The molecule has 0 fully saturated rings. The smallest absolute Gasteiger partial charge is 0.271 e. The van der Waals surface area contributed by atoms with Gasteiger partial charge in [-0.15, -0.1) is 0 Å². The Bertz CT molecular complexity index is 1690. The van der Waals surface area contributed by atoms with Gasteiger partial charge < -0.3 is 15.9 Å². The second-order valence-electron chi connectivity index (χ2n) is 8.62. The van der Waals surface area contributed by atoms with Gasteiger partial charge in [-0.2, -0.15) is 10.2 Å². The Morgan fingerprint density at radius 2 is 1.18 bits per heavy atom. The van der Waals surface area contributed by atoms with Crippen molar-refractivity contribution in [3.8, 4) is 11.3 Å². The molecule has 0 spiro atoms. The molecule has 0 aliphatic carbocycles. The lowest BCUT2D eigenvalue weighted by Gasteiger charge is -2.01. The van der Waals surface area contributed by atoms with Crippen LogP contribution in [-0.4, -0.2) is 33.6 Å². The molecule has 10 heteroatoms. The van der Waals surface area contributed by atoms with E-state index >= 15 is 0 Å². The number of aromatic nitrogens is 2. The molecule has 0 saturated heterocycles. The van der Waals surface area contributed by atoms with Crippen LogP contribution in [0, 0.1) is 0 Å². The van der Waals surface area contributed by atoms with E-state index in [1.54, 1.807) is 61.0 Å². The van der Waals surface area contributed by atoms with Crippen LogP contribution in [0.5, 0.6) is 0 Å². The van der Waals surface area contributed by atoms with Crippen LogP contribution >= 0.6 is 0 Å². The predicted molar refractivity (Wildman–Crippen MR) is 152 cm³/mol. The second kappa shape index (κ2) is 11.1. The number of fused-ring (bicyclic) bond motifs is 1. The fraction of sp³-hybridized carbons (Fsp3) is 0. The van der Waals surface area contributed by atoms with E-state index in [-0.39, 0.29) is 11.8 Å². The Morgan fingerprint density at radius 3 is 1.74 bits per heavy atom. The fourth-order valence-corrected chi connectivity index (χ4v) is 3.69. The number of hydrazone groups is 2. The summed E-state index contributed by atoms with van der Waals surface area (Å²) < 4.78 is 1.89. The lowest BCUT2D eigenvalue weighted by molar-refractivity contribution is 0.0947. The Hall–Kier alpha value is -5.77. The van der Waals surface area contributed by atoms with Crippen molar-refractivity contribution in [2.24, 2.45) is 10.2 Å². The third-order valence-electron chi connectivity index (χ3n) is 5.79. The minimum atomic E-state index is -0.324. The van der Waals surface area contributed by atoms with Crippen LogP contribution in [0.2, 0.25) is 0 Å². The standard InChI is InChI=1S/C29H24N8O2/c30-24-10-6-22(7-11-24)28(38)35-32-15-19-1-4-21(5-2-19)26-18-37-17-20(3-14-27(37)34-26)16-33-36-29(39)23-8-12-25(31)13-9-23/h1-18H,30-31H2,(H,35,38)(H,36,39)/b32-15+,33-16+. The van der Waals surface area contributed by atoms with Crippen molar-refractivity contribution in [3.05, 3.63) is 120 Å². The number of nitrogens with two attached hydrogens (primary N) is 2. The number of nitrogens with zero attached hydrogens (tertiary/aromatic N) is 4. The van der Waals surface area contributed by atoms with Gasteiger partial charge in [0.05, 0.1) is 18.1 Å². The maximum atomic E-state index is 12.2. The van der Waals surface area contributed by atoms with Crippen molar-refractivity contribution in [2.75, 3.05) is 11.5 Å². The van der Waals surface area contributed by atoms with E-state index in [0.717, 1.165) is 28.0 Å². The van der Waals surface area contributed by atoms with E-state index in [1.807, 2.05) is 53.2 Å². The van der Waals surface area contributed by atoms with Crippen LogP contribution in [0.4, 0.5) is 11.4 Å². The topological polar surface area (TPSA) is 152 Å². The van der Waals surface area contributed by atoms with Gasteiger partial charge >= 0.3 is 0 Å². The third-order valence-corrected chi connectivity index (χ3v) is 5.79. The molecule has 0 saturated carbocycles. The monoisotopic (exact) mass is 516 g/mol. The molecule has 0 aliphatic rings. The minimum Gasteiger partial charge on any atom is -0.399 e. The van der Waals surface area contributed by atoms with Gasteiger partial charge in [-0.1, -0.05) is 24.3 Å². The van der Waals surface area contributed by atoms with Gasteiger partial charge in [-0.3, -0.25) is 9.59 Å². The first-order valence-electron chi connectivity index (χ1n) is 11.9. The summed E-state index contributed by atoms with van der Waals surface area (Å²) in [7, 11) is 0. The molecule has 5 rings (SSSR count). The summed E-state index contributed by atoms with van der Waals surface area (Å²) in [4.78, 5) is 29.0. The predicted octanol–water partition coefficient (Wildman–Crippen LogP) is 3.69. The molecule has 3 aromatic carbocycles. The molecule has 0 radical (unpaired) electrons. The van der Waals surface area contributed by atoms with Crippen LogP contribution in [-0.2, 0) is 0 Å². The molecule has 0 bridgehead atoms. The van der Waals surface area contributed by atoms with Crippen LogP contribution < -0.4 is 22.3 Å². The SMILES string of the molecule is Nc1ccc(C(=O)N/N=C/c2ccc(-c3cn4cc(/C=N/NC(=O)c5ccc(N)cc5)ccc4n3)cc2)cc1. The number of amides is 2. The van der Waals surface area contributed by atoms with Gasteiger partial charge in [-0.25, -0.2) is 15.8 Å². The maximum absolute atomic E-state index is 12.2. The first-order valence-corrected chi connectivity index (χ1v) is 11.9. The Morgan fingerprint density at radius 1 is 0.667 bits per heavy atom. The normalized spacial score (nSPS) is 11.3. The second-order valence-corrected chi connectivity index (χ2v) is 8.62. The first kappa shape index (κ1) is 24.9. The summed E-state index contributed by atoms with van der Waals surface area (Å²) in [5, 5.41) is 8.07. The average molecular weight is 517 g/mol. The zero-order valence-electron chi connectivity index (χ0n) is 20.7. The van der Waals surface area contributed by atoms with E-state index < -0.39 is 0 Å². The molecule has 0 unspecified atom stereocenters. The summed E-state index contributed by atoms with van der Waals surface area (Å²) in [6.45, 7) is 0. The maximum Gasteiger partial charge on any atom is 0.271 e. The molecule has 10 nitrogen and oxygen atoms in total. The van der Waals surface area contributed by atoms with Crippen LogP contribution in [0.3, 0.4) is 0 Å². The largest absolute Gasteiger partial charge is 0.399 e. The van der Waals surface area contributed by atoms with E-state index in [0.29, 0.717) is 22.5 Å². The molecule has 6 N–H and O–H groups in total. The van der Waals surface area contributed by atoms with E-state index in [9.17, 15) is 9.59 Å². The van der Waals surface area contributed by atoms with Gasteiger partial charge in [-0.05, 0) is 66.2 Å². The third kappa shape index (κ3) is 6.15. The van der Waals surface area contributed by atoms with Crippen molar-refractivity contribution in [1.29, 1.82) is 0 Å². The van der Waals surface area contributed by atoms with Gasteiger partial charge in [0.1, 0.15) is 5.65 Å². The zero-order chi connectivity index (χ0) is 27.2. The van der Waals surface area contributed by atoms with Gasteiger partial charge in [0.25, 0.3) is 11.8 Å². The van der Waals surface area contributed by atoms with Gasteiger partial charge in [0.15, 0.2) is 0 Å². The number of hydrogen-bond donors (Lipinski definition) is 4. The lowest BCUT2D eigenvalue weighted by atomic mass is 10.1.